The predicted octanol–water partition coefficient (Wildman–Crippen LogP) is 2.55. The van der Waals surface area contributed by atoms with E-state index in [0.717, 1.165) is 0 Å². The van der Waals surface area contributed by atoms with Crippen LogP contribution in [0.5, 0.6) is 0 Å². The lowest BCUT2D eigenvalue weighted by atomic mass is 9.98. The number of furan rings is 1. The molecule has 2 heterocycles. The van der Waals surface area contributed by atoms with E-state index in [1.807, 2.05) is 0 Å². The van der Waals surface area contributed by atoms with E-state index in [0.29, 0.717) is 10.4 Å². The van der Waals surface area contributed by atoms with Gasteiger partial charge in [-0.05, 0) is 42.1 Å². The van der Waals surface area contributed by atoms with E-state index >= 15 is 0 Å². The number of nitrogens with zero attached hydrogens (tertiary/aromatic N) is 1. The molecule has 3 N–H and O–H groups in total. The number of aliphatic hydroxyl groups is 1. The van der Waals surface area contributed by atoms with E-state index in [9.17, 15) is 24.8 Å². The number of anilines is 1. The fraction of sp³-hybridized carbons (Fsp3) is 0.158. The number of amides is 2. The average Bonchev–Trinajstić information content (AvgIpc) is 3.41. The van der Waals surface area contributed by atoms with Crippen molar-refractivity contribution in [3.63, 3.8) is 0 Å². The average molecular weight is 415 g/mol. The largest absolute Gasteiger partial charge is 0.466 e. The number of hydrogen-bond donors (Lipinski definition) is 3. The van der Waals surface area contributed by atoms with Gasteiger partial charge in [-0.15, -0.1) is 11.3 Å². The second-order valence-electron chi connectivity index (χ2n) is 6.21. The third kappa shape index (κ3) is 4.33. The van der Waals surface area contributed by atoms with Crippen LogP contribution in [0.1, 0.15) is 16.2 Å². The van der Waals surface area contributed by atoms with Crippen molar-refractivity contribution in [1.82, 2.24) is 5.32 Å². The maximum absolute atomic E-state index is 12.3. The molecule has 0 aliphatic heterocycles. The van der Waals surface area contributed by atoms with Crippen molar-refractivity contribution in [2.24, 2.45) is 0 Å². The molecule has 0 aliphatic rings. The first-order valence-corrected chi connectivity index (χ1v) is 9.34. The standard InChI is InChI=1S/C19H17N3O6S/c1-12-10-13(22(26)27)6-7-14(12)21-18(24)17(23)20-11-19(25,15-4-2-8-28-15)16-5-3-9-29-16/h2-10,25H,11H2,1H3,(H,20,23)(H,21,24). The number of rotatable bonds is 6. The van der Waals surface area contributed by atoms with Crippen LogP contribution in [0.4, 0.5) is 11.4 Å². The SMILES string of the molecule is Cc1cc([N+](=O)[O-])ccc1NC(=O)C(=O)NCC(O)(c1ccco1)c1cccs1. The maximum atomic E-state index is 12.3. The van der Waals surface area contributed by atoms with Gasteiger partial charge in [0.1, 0.15) is 5.76 Å². The highest BCUT2D eigenvalue weighted by molar-refractivity contribution is 7.10. The lowest BCUT2D eigenvalue weighted by molar-refractivity contribution is -0.384. The summed E-state index contributed by atoms with van der Waals surface area (Å²) < 4.78 is 5.31. The lowest BCUT2D eigenvalue weighted by Gasteiger charge is -2.25. The van der Waals surface area contributed by atoms with Crippen molar-refractivity contribution >= 4 is 34.5 Å². The van der Waals surface area contributed by atoms with Crippen LogP contribution in [-0.4, -0.2) is 28.4 Å². The topological polar surface area (TPSA) is 135 Å². The van der Waals surface area contributed by atoms with Gasteiger partial charge in [-0.1, -0.05) is 6.07 Å². The minimum absolute atomic E-state index is 0.121. The number of aryl methyl sites for hydroxylation is 1. The summed E-state index contributed by atoms with van der Waals surface area (Å²) in [7, 11) is 0. The second kappa shape index (κ2) is 8.25. The summed E-state index contributed by atoms with van der Waals surface area (Å²) in [4.78, 5) is 35.2. The number of carbonyl (C=O) groups is 2. The molecule has 1 unspecified atom stereocenters. The first-order chi connectivity index (χ1) is 13.8. The number of carbonyl (C=O) groups excluding carboxylic acids is 2. The third-order valence-corrected chi connectivity index (χ3v) is 5.26. The Morgan fingerprint density at radius 2 is 2.03 bits per heavy atom. The fourth-order valence-electron chi connectivity index (χ4n) is 2.69. The molecule has 0 spiro atoms. The summed E-state index contributed by atoms with van der Waals surface area (Å²) in [6.07, 6.45) is 1.40. The Bertz CT molecular complexity index is 996. The second-order valence-corrected chi connectivity index (χ2v) is 7.16. The Morgan fingerprint density at radius 1 is 1.24 bits per heavy atom. The molecule has 3 aromatic rings. The van der Waals surface area contributed by atoms with Crippen molar-refractivity contribution in [3.8, 4) is 0 Å². The molecule has 0 saturated heterocycles. The van der Waals surface area contributed by atoms with Gasteiger partial charge in [-0.25, -0.2) is 0 Å². The number of nitro benzene ring substituents is 1. The minimum atomic E-state index is -1.63. The predicted molar refractivity (Wildman–Crippen MR) is 105 cm³/mol. The first kappa shape index (κ1) is 20.2. The fourth-order valence-corrected chi connectivity index (χ4v) is 3.52. The Labute approximate surface area is 169 Å². The molecule has 29 heavy (non-hydrogen) atoms. The highest BCUT2D eigenvalue weighted by Crippen LogP contribution is 2.32. The molecule has 0 fully saturated rings. The van der Waals surface area contributed by atoms with E-state index in [1.54, 1.807) is 36.6 Å². The maximum Gasteiger partial charge on any atom is 0.313 e. The molecule has 0 radical (unpaired) electrons. The van der Waals surface area contributed by atoms with Gasteiger partial charge in [-0.3, -0.25) is 19.7 Å². The summed E-state index contributed by atoms with van der Waals surface area (Å²) in [5.74, 6) is -1.70. The Morgan fingerprint density at radius 3 is 2.62 bits per heavy atom. The molecule has 2 amide bonds. The Balaban J connectivity index is 1.69. The molecule has 0 bridgehead atoms. The number of nitrogens with one attached hydrogen (secondary N) is 2. The highest BCUT2D eigenvalue weighted by atomic mass is 32.1. The van der Waals surface area contributed by atoms with Crippen LogP contribution in [0.25, 0.3) is 0 Å². The molecule has 1 aromatic carbocycles. The quantitative estimate of drug-likeness (QED) is 0.322. The van der Waals surface area contributed by atoms with E-state index in [-0.39, 0.29) is 23.7 Å². The summed E-state index contributed by atoms with van der Waals surface area (Å²) in [5.41, 5.74) is -1.04. The molecule has 150 valence electrons. The van der Waals surface area contributed by atoms with Gasteiger partial charge in [0.15, 0.2) is 5.60 Å². The van der Waals surface area contributed by atoms with Gasteiger partial charge in [0, 0.05) is 22.7 Å². The van der Waals surface area contributed by atoms with Crippen LogP contribution in [0.15, 0.2) is 58.5 Å². The van der Waals surface area contributed by atoms with Crippen LogP contribution in [-0.2, 0) is 15.2 Å². The number of benzene rings is 1. The van der Waals surface area contributed by atoms with Crippen molar-refractivity contribution in [1.29, 1.82) is 0 Å². The van der Waals surface area contributed by atoms with Crippen molar-refractivity contribution in [2.45, 2.75) is 12.5 Å². The number of thiophene rings is 1. The van der Waals surface area contributed by atoms with Gasteiger partial charge >= 0.3 is 11.8 Å². The number of non-ortho nitro benzene ring substituents is 1. The normalized spacial score (nSPS) is 12.8. The van der Waals surface area contributed by atoms with Crippen LogP contribution in [0.2, 0.25) is 0 Å². The monoisotopic (exact) mass is 415 g/mol. The summed E-state index contributed by atoms with van der Waals surface area (Å²) in [6.45, 7) is 1.29. The van der Waals surface area contributed by atoms with Crippen molar-refractivity contribution in [2.75, 3.05) is 11.9 Å². The molecule has 0 aliphatic carbocycles. The zero-order valence-electron chi connectivity index (χ0n) is 15.2. The van der Waals surface area contributed by atoms with E-state index in [2.05, 4.69) is 10.6 Å². The van der Waals surface area contributed by atoms with Gasteiger partial charge in [-0.2, -0.15) is 0 Å². The van der Waals surface area contributed by atoms with Crippen LogP contribution < -0.4 is 10.6 Å². The van der Waals surface area contributed by atoms with Gasteiger partial charge in [0.2, 0.25) is 0 Å². The number of hydrogen-bond acceptors (Lipinski definition) is 7. The molecule has 2 aromatic heterocycles. The molecular weight excluding hydrogens is 398 g/mol. The van der Waals surface area contributed by atoms with Crippen LogP contribution >= 0.6 is 11.3 Å². The van der Waals surface area contributed by atoms with Crippen molar-refractivity contribution in [3.05, 3.63) is 80.4 Å². The minimum Gasteiger partial charge on any atom is -0.466 e. The van der Waals surface area contributed by atoms with Gasteiger partial charge < -0.3 is 20.2 Å². The van der Waals surface area contributed by atoms with E-state index in [1.165, 1.54) is 35.8 Å². The van der Waals surface area contributed by atoms with E-state index < -0.39 is 22.3 Å². The zero-order chi connectivity index (χ0) is 21.0. The third-order valence-electron chi connectivity index (χ3n) is 4.24. The number of nitro groups is 1. The molecule has 9 nitrogen and oxygen atoms in total. The van der Waals surface area contributed by atoms with Crippen LogP contribution in [0.3, 0.4) is 0 Å². The van der Waals surface area contributed by atoms with E-state index in [4.69, 9.17) is 4.42 Å². The van der Waals surface area contributed by atoms with Crippen molar-refractivity contribution < 1.29 is 24.0 Å². The molecular formula is C19H17N3O6S. The summed E-state index contributed by atoms with van der Waals surface area (Å²) in [5, 5.41) is 28.5. The molecule has 10 heteroatoms. The Hall–Kier alpha value is -3.50. The molecule has 0 saturated carbocycles. The first-order valence-electron chi connectivity index (χ1n) is 8.46. The smallest absolute Gasteiger partial charge is 0.313 e. The lowest BCUT2D eigenvalue weighted by Crippen LogP contribution is -2.44. The van der Waals surface area contributed by atoms with Gasteiger partial charge in [0.05, 0.1) is 17.7 Å². The summed E-state index contributed by atoms with van der Waals surface area (Å²) >= 11 is 1.28. The Kier molecular flexibility index (Phi) is 5.76. The molecule has 3 rings (SSSR count). The van der Waals surface area contributed by atoms with Crippen LogP contribution in [0, 0.1) is 17.0 Å². The van der Waals surface area contributed by atoms with Gasteiger partial charge in [0.25, 0.3) is 5.69 Å². The highest BCUT2D eigenvalue weighted by Gasteiger charge is 2.36. The zero-order valence-corrected chi connectivity index (χ0v) is 16.1. The summed E-state index contributed by atoms with van der Waals surface area (Å²) in [6, 6.07) is 10.5. The molecule has 1 atom stereocenters.